The van der Waals surface area contributed by atoms with Crippen molar-refractivity contribution in [3.63, 3.8) is 0 Å². The van der Waals surface area contributed by atoms with E-state index in [1.165, 1.54) is 12.1 Å². The van der Waals surface area contributed by atoms with Gasteiger partial charge >= 0.3 is 0 Å². The molecule has 0 amide bonds. The van der Waals surface area contributed by atoms with E-state index < -0.39 is 0 Å². The molecule has 1 saturated heterocycles. The predicted molar refractivity (Wildman–Crippen MR) is 87.9 cm³/mol. The van der Waals surface area contributed by atoms with Gasteiger partial charge in [0.15, 0.2) is 5.78 Å². The van der Waals surface area contributed by atoms with Crippen molar-refractivity contribution in [3.05, 3.63) is 23.0 Å². The number of aryl methyl sites for hydroxylation is 1. The first-order valence-electron chi connectivity index (χ1n) is 8.29. The van der Waals surface area contributed by atoms with Crippen LogP contribution in [-0.4, -0.2) is 34.4 Å². The second-order valence-corrected chi connectivity index (χ2v) is 6.94. The molecule has 1 fully saturated rings. The highest BCUT2D eigenvalue weighted by Gasteiger charge is 2.30. The van der Waals surface area contributed by atoms with E-state index >= 15 is 0 Å². The summed E-state index contributed by atoms with van der Waals surface area (Å²) in [5.41, 5.74) is 3.21. The molecule has 1 aliphatic rings. The van der Waals surface area contributed by atoms with E-state index in [9.17, 15) is 4.79 Å². The van der Waals surface area contributed by atoms with Crippen LogP contribution in [0.2, 0.25) is 0 Å². The quantitative estimate of drug-likeness (QED) is 0.790. The van der Waals surface area contributed by atoms with Gasteiger partial charge in [0.2, 0.25) is 0 Å². The van der Waals surface area contributed by atoms with Gasteiger partial charge in [-0.05, 0) is 52.0 Å². The average molecular weight is 290 g/mol. The van der Waals surface area contributed by atoms with Gasteiger partial charge in [0.1, 0.15) is 0 Å². The first-order valence-corrected chi connectivity index (χ1v) is 8.29. The van der Waals surface area contributed by atoms with Crippen molar-refractivity contribution in [2.24, 2.45) is 11.8 Å². The molecule has 0 N–H and O–H groups in total. The van der Waals surface area contributed by atoms with Gasteiger partial charge in [0.05, 0.1) is 6.54 Å². The number of ketones is 1. The molecule has 2 heterocycles. The monoisotopic (exact) mass is 290 g/mol. The molecule has 0 aliphatic carbocycles. The minimum Gasteiger partial charge on any atom is -0.349 e. The van der Waals surface area contributed by atoms with Gasteiger partial charge in [0.25, 0.3) is 0 Å². The number of aromatic nitrogens is 1. The smallest absolute Gasteiger partial charge is 0.178 e. The van der Waals surface area contributed by atoms with E-state index in [1.54, 1.807) is 0 Å². The first kappa shape index (κ1) is 16.3. The number of nitrogens with zero attached hydrogens (tertiary/aromatic N) is 2. The number of hydrogen-bond acceptors (Lipinski definition) is 2. The van der Waals surface area contributed by atoms with Crippen molar-refractivity contribution in [2.45, 2.75) is 60.5 Å². The van der Waals surface area contributed by atoms with Gasteiger partial charge in [-0.3, -0.25) is 9.69 Å². The SMILES string of the molecule is CCn1c(C)cc(C(=O)CN2CC(C)CC(C)C2C)c1C. The molecule has 1 aromatic rings. The summed E-state index contributed by atoms with van der Waals surface area (Å²) in [4.78, 5) is 15.1. The van der Waals surface area contributed by atoms with E-state index in [4.69, 9.17) is 0 Å². The molecule has 2 rings (SSSR count). The summed E-state index contributed by atoms with van der Waals surface area (Å²) in [6.45, 7) is 15.7. The molecule has 21 heavy (non-hydrogen) atoms. The fourth-order valence-corrected chi connectivity index (χ4v) is 3.88. The molecule has 3 atom stereocenters. The molecule has 0 saturated carbocycles. The zero-order valence-corrected chi connectivity index (χ0v) is 14.4. The summed E-state index contributed by atoms with van der Waals surface area (Å²) >= 11 is 0. The molecule has 0 bridgehead atoms. The molecule has 1 aliphatic heterocycles. The maximum absolute atomic E-state index is 12.7. The van der Waals surface area contributed by atoms with Crippen molar-refractivity contribution in [1.29, 1.82) is 0 Å². The Hall–Kier alpha value is -1.09. The van der Waals surface area contributed by atoms with E-state index in [0.29, 0.717) is 24.4 Å². The largest absolute Gasteiger partial charge is 0.349 e. The molecular formula is C18H30N2O. The number of rotatable bonds is 4. The molecule has 3 heteroatoms. The van der Waals surface area contributed by atoms with Gasteiger partial charge in [-0.2, -0.15) is 0 Å². The van der Waals surface area contributed by atoms with Gasteiger partial charge in [-0.15, -0.1) is 0 Å². The highest BCUT2D eigenvalue weighted by molar-refractivity contribution is 5.99. The number of carbonyl (C=O) groups excluding carboxylic acids is 1. The maximum atomic E-state index is 12.7. The van der Waals surface area contributed by atoms with Crippen LogP contribution in [0, 0.1) is 25.7 Å². The zero-order valence-electron chi connectivity index (χ0n) is 14.4. The maximum Gasteiger partial charge on any atom is 0.178 e. The van der Waals surface area contributed by atoms with Gasteiger partial charge in [0, 0.05) is 36.1 Å². The molecule has 0 spiro atoms. The van der Waals surface area contributed by atoms with E-state index in [-0.39, 0.29) is 5.78 Å². The standard InChI is InChI=1S/C18H30N2O/c1-7-20-14(4)9-17(16(20)6)18(21)11-19-10-12(2)8-13(3)15(19)5/h9,12-13,15H,7-8,10-11H2,1-6H3. The Morgan fingerprint density at radius 3 is 2.52 bits per heavy atom. The van der Waals surface area contributed by atoms with Crippen LogP contribution in [0.5, 0.6) is 0 Å². The summed E-state index contributed by atoms with van der Waals surface area (Å²) in [6, 6.07) is 2.56. The third-order valence-electron chi connectivity index (χ3n) is 5.26. The zero-order chi connectivity index (χ0) is 15.7. The lowest BCUT2D eigenvalue weighted by Crippen LogP contribution is -2.47. The third kappa shape index (κ3) is 3.23. The van der Waals surface area contributed by atoms with Gasteiger partial charge in [-0.25, -0.2) is 0 Å². The highest BCUT2D eigenvalue weighted by Crippen LogP contribution is 2.27. The first-order chi connectivity index (χ1) is 9.85. The minimum absolute atomic E-state index is 0.274. The van der Waals surface area contributed by atoms with E-state index in [1.807, 2.05) is 0 Å². The molecule has 3 nitrogen and oxygen atoms in total. The molecule has 3 unspecified atom stereocenters. The normalized spacial score (nSPS) is 27.0. The Morgan fingerprint density at radius 1 is 1.29 bits per heavy atom. The summed E-state index contributed by atoms with van der Waals surface area (Å²) in [6.07, 6.45) is 1.27. The lowest BCUT2D eigenvalue weighted by Gasteiger charge is -2.40. The molecule has 0 aromatic carbocycles. The van der Waals surface area contributed by atoms with Crippen LogP contribution in [0.15, 0.2) is 6.07 Å². The molecule has 1 aromatic heterocycles. The topological polar surface area (TPSA) is 25.2 Å². The fourth-order valence-electron chi connectivity index (χ4n) is 3.88. The summed E-state index contributed by atoms with van der Waals surface area (Å²) in [5.74, 6) is 1.63. The second kappa shape index (κ2) is 6.35. The van der Waals surface area contributed by atoms with Crippen LogP contribution in [0.25, 0.3) is 0 Å². The number of Topliss-reactive ketones (excluding diaryl/α,β-unsaturated/α-hetero) is 1. The van der Waals surface area contributed by atoms with Crippen LogP contribution >= 0.6 is 0 Å². The summed E-state index contributed by atoms with van der Waals surface area (Å²) < 4.78 is 2.22. The Labute approximate surface area is 129 Å². The number of likely N-dealkylation sites (tertiary alicyclic amines) is 1. The van der Waals surface area contributed by atoms with E-state index in [0.717, 1.165) is 24.3 Å². The van der Waals surface area contributed by atoms with Crippen LogP contribution < -0.4 is 0 Å². The molecule has 0 radical (unpaired) electrons. The Balaban J connectivity index is 2.14. The Kier molecular flexibility index (Phi) is 4.92. The minimum atomic E-state index is 0.274. The average Bonchev–Trinajstić information content (AvgIpc) is 2.70. The Morgan fingerprint density at radius 2 is 1.95 bits per heavy atom. The third-order valence-corrected chi connectivity index (χ3v) is 5.26. The van der Waals surface area contributed by atoms with Crippen molar-refractivity contribution >= 4 is 5.78 Å². The lowest BCUT2D eigenvalue weighted by molar-refractivity contribution is 0.0649. The van der Waals surface area contributed by atoms with Crippen molar-refractivity contribution in [2.75, 3.05) is 13.1 Å². The number of piperidine rings is 1. The molecular weight excluding hydrogens is 260 g/mol. The van der Waals surface area contributed by atoms with Crippen LogP contribution in [0.3, 0.4) is 0 Å². The Bertz CT molecular complexity index is 518. The number of carbonyl (C=O) groups is 1. The second-order valence-electron chi connectivity index (χ2n) is 6.94. The van der Waals surface area contributed by atoms with Crippen molar-refractivity contribution < 1.29 is 4.79 Å². The van der Waals surface area contributed by atoms with Crippen LogP contribution in [0.4, 0.5) is 0 Å². The van der Waals surface area contributed by atoms with Crippen molar-refractivity contribution in [1.82, 2.24) is 9.47 Å². The fraction of sp³-hybridized carbons (Fsp3) is 0.722. The summed E-state index contributed by atoms with van der Waals surface area (Å²) in [5, 5.41) is 0. The van der Waals surface area contributed by atoms with E-state index in [2.05, 4.69) is 57.1 Å². The van der Waals surface area contributed by atoms with Crippen molar-refractivity contribution in [3.8, 4) is 0 Å². The van der Waals surface area contributed by atoms with Gasteiger partial charge < -0.3 is 4.57 Å². The lowest BCUT2D eigenvalue weighted by atomic mass is 9.86. The number of hydrogen-bond donors (Lipinski definition) is 0. The van der Waals surface area contributed by atoms with Crippen LogP contribution in [0.1, 0.15) is 55.9 Å². The summed E-state index contributed by atoms with van der Waals surface area (Å²) in [7, 11) is 0. The predicted octanol–water partition coefficient (Wildman–Crippen LogP) is 3.67. The van der Waals surface area contributed by atoms with Gasteiger partial charge in [-0.1, -0.05) is 13.8 Å². The highest BCUT2D eigenvalue weighted by atomic mass is 16.1. The molecule has 118 valence electrons. The van der Waals surface area contributed by atoms with Crippen LogP contribution in [-0.2, 0) is 6.54 Å².